The van der Waals surface area contributed by atoms with E-state index in [2.05, 4.69) is 10.3 Å². The van der Waals surface area contributed by atoms with E-state index in [1.807, 2.05) is 0 Å². The number of benzene rings is 2. The van der Waals surface area contributed by atoms with Crippen molar-refractivity contribution in [2.24, 2.45) is 0 Å². The number of alkyl halides is 4. The summed E-state index contributed by atoms with van der Waals surface area (Å²) in [6.45, 7) is 0.841. The van der Waals surface area contributed by atoms with Crippen molar-refractivity contribution in [1.29, 1.82) is 0 Å². The first kappa shape index (κ1) is 32.6. The van der Waals surface area contributed by atoms with Gasteiger partial charge in [0.25, 0.3) is 5.91 Å². The van der Waals surface area contributed by atoms with Crippen LogP contribution in [-0.2, 0) is 29.0 Å². The van der Waals surface area contributed by atoms with E-state index in [1.54, 1.807) is 16.7 Å². The first-order valence-electron chi connectivity index (χ1n) is 13.3. The molecule has 0 fully saturated rings. The van der Waals surface area contributed by atoms with E-state index in [9.17, 15) is 35.9 Å². The van der Waals surface area contributed by atoms with Crippen molar-refractivity contribution in [3.63, 3.8) is 0 Å². The van der Waals surface area contributed by atoms with Crippen molar-refractivity contribution in [3.8, 4) is 0 Å². The number of aliphatic hydroxyl groups excluding tert-OH is 1. The number of halogens is 5. The molecule has 2 N–H and O–H groups in total. The monoisotopic (exact) mass is 635 g/mol. The number of hydrogen-bond donors (Lipinski definition) is 2. The van der Waals surface area contributed by atoms with Crippen molar-refractivity contribution < 1.29 is 35.9 Å². The lowest BCUT2D eigenvalue weighted by molar-refractivity contribution is -0.138. The summed E-state index contributed by atoms with van der Waals surface area (Å²) in [5.41, 5.74) is -1.27. The van der Waals surface area contributed by atoms with Crippen LogP contribution in [0.3, 0.4) is 0 Å². The van der Waals surface area contributed by atoms with E-state index >= 15 is 0 Å². The van der Waals surface area contributed by atoms with Crippen LogP contribution in [0.1, 0.15) is 45.8 Å². The molecule has 1 amide bonds. The van der Waals surface area contributed by atoms with Gasteiger partial charge in [0.15, 0.2) is 9.84 Å². The van der Waals surface area contributed by atoms with E-state index in [0.717, 1.165) is 12.3 Å². The Kier molecular flexibility index (Phi) is 9.34. The van der Waals surface area contributed by atoms with Gasteiger partial charge in [0.05, 0.1) is 40.0 Å². The lowest BCUT2D eigenvalue weighted by atomic mass is 9.67. The molecule has 0 aliphatic rings. The molecule has 15 heteroatoms. The van der Waals surface area contributed by atoms with Gasteiger partial charge in [-0.05, 0) is 54.1 Å². The molecular weight excluding hydrogens is 607 g/mol. The Hall–Kier alpha value is -3.35. The van der Waals surface area contributed by atoms with Gasteiger partial charge in [-0.2, -0.15) is 13.2 Å². The first-order chi connectivity index (χ1) is 20.0. The third-order valence-electron chi connectivity index (χ3n) is 6.88. The molecule has 2 heterocycles. The van der Waals surface area contributed by atoms with Crippen molar-refractivity contribution in [2.75, 3.05) is 12.4 Å². The number of nitrogens with one attached hydrogen (secondary N) is 1. The second kappa shape index (κ2) is 12.3. The second-order valence-corrected chi connectivity index (χ2v) is 13.4. The number of aliphatic hydroxyl groups is 1. The molecule has 0 bridgehead atoms. The summed E-state index contributed by atoms with van der Waals surface area (Å²) in [7, 11) is -0.754. The highest BCUT2D eigenvalue weighted by molar-refractivity contribution is 7.91. The van der Waals surface area contributed by atoms with E-state index in [4.69, 9.17) is 11.6 Å². The molecule has 0 saturated heterocycles. The molecule has 43 heavy (non-hydrogen) atoms. The van der Waals surface area contributed by atoms with E-state index < -0.39 is 45.6 Å². The normalized spacial score (nSPS) is 13.3. The van der Waals surface area contributed by atoms with E-state index in [1.165, 1.54) is 59.0 Å². The topological polar surface area (TPSA) is 101 Å². The highest BCUT2D eigenvalue weighted by Crippen LogP contribution is 2.36. The number of amides is 1. The zero-order valence-corrected chi connectivity index (χ0v) is 25.1. The quantitative estimate of drug-likeness (QED) is 0.206. The molecule has 0 radical (unpaired) electrons. The summed E-state index contributed by atoms with van der Waals surface area (Å²) in [5.74, 6) is -0.684. The number of sulfone groups is 1. The van der Waals surface area contributed by atoms with Crippen LogP contribution >= 0.6 is 11.6 Å². The highest BCUT2D eigenvalue weighted by atomic mass is 35.5. The van der Waals surface area contributed by atoms with Gasteiger partial charge in [-0.3, -0.25) is 14.2 Å². The van der Waals surface area contributed by atoms with Crippen LogP contribution in [-0.4, -0.2) is 62.5 Å². The Labute approximate surface area is 253 Å². The summed E-state index contributed by atoms with van der Waals surface area (Å²) in [6, 6.07) is 11.5. The lowest BCUT2D eigenvalue weighted by Crippen LogP contribution is -2.31. The molecular formula is C28H28B2ClF4N3O4S. The van der Waals surface area contributed by atoms with Crippen LogP contribution in [0.15, 0.2) is 65.7 Å². The lowest BCUT2D eigenvalue weighted by Gasteiger charge is -2.20. The third-order valence-corrected chi connectivity index (χ3v) is 8.83. The molecule has 0 aliphatic heterocycles. The van der Waals surface area contributed by atoms with Crippen LogP contribution in [0.5, 0.6) is 0 Å². The molecule has 4 rings (SSSR count). The minimum absolute atomic E-state index is 0.0185. The Balaban J connectivity index is 1.67. The number of nitrogens with zero attached hydrogens (tertiary/aromatic N) is 2. The molecule has 7 nitrogen and oxygen atoms in total. The van der Waals surface area contributed by atoms with Crippen LogP contribution in [0.2, 0.25) is 5.02 Å². The fourth-order valence-corrected chi connectivity index (χ4v) is 5.74. The Bertz CT molecular complexity index is 1760. The highest BCUT2D eigenvalue weighted by Gasteiger charge is 2.34. The summed E-state index contributed by atoms with van der Waals surface area (Å²) in [4.78, 5) is 17.3. The van der Waals surface area contributed by atoms with E-state index in [0.29, 0.717) is 16.6 Å². The van der Waals surface area contributed by atoms with Gasteiger partial charge in [0, 0.05) is 46.3 Å². The number of pyridine rings is 1. The average Bonchev–Trinajstić information content (AvgIpc) is 3.26. The maximum absolute atomic E-state index is 14.8. The zero-order valence-electron chi connectivity index (χ0n) is 23.5. The van der Waals surface area contributed by atoms with Crippen LogP contribution < -0.4 is 5.32 Å². The van der Waals surface area contributed by atoms with Crippen molar-refractivity contribution >= 4 is 53.9 Å². The zero-order chi connectivity index (χ0) is 31.7. The molecule has 0 spiro atoms. The molecule has 0 unspecified atom stereocenters. The smallest absolute Gasteiger partial charge is 0.394 e. The second-order valence-electron chi connectivity index (χ2n) is 10.7. The Morgan fingerprint density at radius 1 is 1.09 bits per heavy atom. The maximum Gasteiger partial charge on any atom is 0.416 e. The average molecular weight is 636 g/mol. The predicted molar refractivity (Wildman–Crippen MR) is 161 cm³/mol. The number of fused-ring (bicyclic) bond motifs is 1. The van der Waals surface area contributed by atoms with E-state index in [-0.39, 0.29) is 45.5 Å². The van der Waals surface area contributed by atoms with Gasteiger partial charge in [0.1, 0.15) is 15.7 Å². The van der Waals surface area contributed by atoms with Gasteiger partial charge in [-0.25, -0.2) is 8.42 Å². The summed E-state index contributed by atoms with van der Waals surface area (Å²) in [5, 5.41) is 13.0. The molecule has 0 aliphatic carbocycles. The number of aromatic nitrogens is 2. The van der Waals surface area contributed by atoms with Crippen LogP contribution in [0, 0.1) is 0 Å². The molecule has 2 aromatic carbocycles. The minimum Gasteiger partial charge on any atom is -0.394 e. The first-order valence-corrected chi connectivity index (χ1v) is 15.3. The molecule has 0 saturated carbocycles. The van der Waals surface area contributed by atoms with Crippen molar-refractivity contribution in [2.45, 2.75) is 42.5 Å². The third kappa shape index (κ3) is 7.60. The molecule has 2 aromatic heterocycles. The van der Waals surface area contributed by atoms with Crippen molar-refractivity contribution in [3.05, 3.63) is 93.9 Å². The van der Waals surface area contributed by atoms with Gasteiger partial charge in [-0.15, -0.1) is 0 Å². The summed E-state index contributed by atoms with van der Waals surface area (Å²) in [6.07, 6.45) is -3.65. The minimum atomic E-state index is -4.65. The number of carbonyl (C=O) groups is 1. The van der Waals surface area contributed by atoms with Crippen LogP contribution in [0.25, 0.3) is 10.9 Å². The fraction of sp³-hybridized carbons (Fsp3) is 0.286. The molecule has 1 atom stereocenters. The van der Waals surface area contributed by atoms with Crippen molar-refractivity contribution in [1.82, 2.24) is 14.9 Å². The number of hydrogen-bond acceptors (Lipinski definition) is 5. The SMILES string of the molecule is BC(B)(F)Cn1c(Cc2ccc(Cl)cc2C(F)(F)F)cc2cc(C(=O)N[C@@H](CO)c3ccc(S(=O)(=O)CC)cn3)ccc21. The maximum atomic E-state index is 14.8. The molecule has 4 aromatic rings. The van der Waals surface area contributed by atoms with Gasteiger partial charge in [-0.1, -0.05) is 24.6 Å². The fourth-order valence-electron chi connectivity index (χ4n) is 4.74. The standard InChI is InChI=1S/C28H28B2ClF4N3O4S/c1-2-43(41,42)21-6-7-23(36-13-21)24(14-39)37-26(40)17-4-8-25-18(9-17)11-20(38(25)15-27(29,30)32)10-16-3-5-19(31)12-22(16)28(33,34)35/h3-9,11-13,24,39H,2,10,14-15,29-30H2,1H3,(H,37,40)/t24-/m0/s1. The van der Waals surface area contributed by atoms with Gasteiger partial charge in [0.2, 0.25) is 0 Å². The Morgan fingerprint density at radius 2 is 1.81 bits per heavy atom. The Morgan fingerprint density at radius 3 is 2.40 bits per heavy atom. The largest absolute Gasteiger partial charge is 0.416 e. The summed E-state index contributed by atoms with van der Waals surface area (Å²) < 4.78 is 81.9. The van der Waals surface area contributed by atoms with Crippen LogP contribution in [0.4, 0.5) is 17.6 Å². The predicted octanol–water partition coefficient (Wildman–Crippen LogP) is 3.45. The molecule has 226 valence electrons. The number of rotatable bonds is 10. The van der Waals surface area contributed by atoms with Gasteiger partial charge < -0.3 is 15.0 Å². The van der Waals surface area contributed by atoms with Gasteiger partial charge >= 0.3 is 6.18 Å². The number of carbonyl (C=O) groups excluding carboxylic acids is 1. The summed E-state index contributed by atoms with van der Waals surface area (Å²) >= 11 is 5.84.